The molecule has 0 N–H and O–H groups in total. The molecule has 0 aliphatic rings. The Morgan fingerprint density at radius 2 is 1.62 bits per heavy atom. The average Bonchev–Trinajstić information content (AvgIpc) is 2.84. The fourth-order valence-electron chi connectivity index (χ4n) is 3.00. The zero-order chi connectivity index (χ0) is 14.2. The molecular formula is C19H17N2+. The SMILES string of the molecule is C[n+]1cn(Cc2ccc3ccccc3c2)c2ccccc21. The lowest BCUT2D eigenvalue weighted by Gasteiger charge is -2.02. The van der Waals surface area contributed by atoms with Gasteiger partial charge >= 0.3 is 0 Å². The summed E-state index contributed by atoms with van der Waals surface area (Å²) >= 11 is 0. The van der Waals surface area contributed by atoms with Crippen LogP contribution < -0.4 is 4.57 Å². The Morgan fingerprint density at radius 1 is 0.857 bits per heavy atom. The number of imidazole rings is 1. The van der Waals surface area contributed by atoms with Crippen molar-refractivity contribution in [2.45, 2.75) is 6.54 Å². The first-order valence-electron chi connectivity index (χ1n) is 7.22. The molecular weight excluding hydrogens is 256 g/mol. The minimum atomic E-state index is 0.895. The summed E-state index contributed by atoms with van der Waals surface area (Å²) in [6, 6.07) is 23.7. The Bertz CT molecular complexity index is 935. The molecule has 0 fully saturated rings. The number of aromatic nitrogens is 2. The second kappa shape index (κ2) is 4.74. The van der Waals surface area contributed by atoms with Crippen molar-refractivity contribution >= 4 is 21.8 Å². The predicted molar refractivity (Wildman–Crippen MR) is 86.2 cm³/mol. The third kappa shape index (κ3) is 2.09. The van der Waals surface area contributed by atoms with Gasteiger partial charge in [-0.1, -0.05) is 48.5 Å². The first-order chi connectivity index (χ1) is 10.3. The van der Waals surface area contributed by atoms with E-state index in [9.17, 15) is 0 Å². The summed E-state index contributed by atoms with van der Waals surface area (Å²) in [4.78, 5) is 0. The third-order valence-corrected chi connectivity index (χ3v) is 4.05. The highest BCUT2D eigenvalue weighted by molar-refractivity contribution is 5.83. The zero-order valence-corrected chi connectivity index (χ0v) is 12.0. The van der Waals surface area contributed by atoms with Gasteiger partial charge in [-0.25, -0.2) is 9.13 Å². The van der Waals surface area contributed by atoms with Gasteiger partial charge in [0.2, 0.25) is 6.33 Å². The monoisotopic (exact) mass is 273 g/mol. The van der Waals surface area contributed by atoms with Crippen LogP contribution in [0.5, 0.6) is 0 Å². The Morgan fingerprint density at radius 3 is 2.52 bits per heavy atom. The summed E-state index contributed by atoms with van der Waals surface area (Å²) in [7, 11) is 2.10. The van der Waals surface area contributed by atoms with Gasteiger partial charge < -0.3 is 0 Å². The van der Waals surface area contributed by atoms with Crippen molar-refractivity contribution in [2.75, 3.05) is 0 Å². The lowest BCUT2D eigenvalue weighted by atomic mass is 10.1. The summed E-state index contributed by atoms with van der Waals surface area (Å²) in [5.74, 6) is 0. The Balaban J connectivity index is 1.79. The molecule has 0 amide bonds. The molecule has 0 saturated carbocycles. The molecule has 0 unspecified atom stereocenters. The highest BCUT2D eigenvalue weighted by Gasteiger charge is 2.12. The normalized spacial score (nSPS) is 11.3. The molecule has 0 radical (unpaired) electrons. The summed E-state index contributed by atoms with van der Waals surface area (Å²) < 4.78 is 4.48. The summed E-state index contributed by atoms with van der Waals surface area (Å²) in [5, 5.41) is 2.60. The van der Waals surface area contributed by atoms with E-state index in [-0.39, 0.29) is 0 Å². The van der Waals surface area contributed by atoms with Crippen molar-refractivity contribution in [3.05, 3.63) is 78.6 Å². The molecule has 2 nitrogen and oxygen atoms in total. The van der Waals surface area contributed by atoms with Gasteiger partial charge in [0, 0.05) is 0 Å². The van der Waals surface area contributed by atoms with Crippen LogP contribution in [0, 0.1) is 0 Å². The highest BCUT2D eigenvalue weighted by Crippen LogP contribution is 2.18. The van der Waals surface area contributed by atoms with E-state index in [2.05, 4.69) is 89.2 Å². The standard InChI is InChI=1S/C19H17N2/c1-20-14-21(19-9-5-4-8-18(19)20)13-15-10-11-16-6-2-3-7-17(16)12-15/h2-12,14H,13H2,1H3/q+1. The number of rotatable bonds is 2. The van der Waals surface area contributed by atoms with Crippen LogP contribution >= 0.6 is 0 Å². The van der Waals surface area contributed by atoms with E-state index < -0.39 is 0 Å². The van der Waals surface area contributed by atoms with Gasteiger partial charge in [0.25, 0.3) is 0 Å². The van der Waals surface area contributed by atoms with Crippen molar-refractivity contribution < 1.29 is 4.57 Å². The molecule has 0 spiro atoms. The van der Waals surface area contributed by atoms with Crippen molar-refractivity contribution in [3.8, 4) is 0 Å². The van der Waals surface area contributed by atoms with Gasteiger partial charge in [-0.15, -0.1) is 0 Å². The van der Waals surface area contributed by atoms with E-state index in [1.807, 2.05) is 0 Å². The molecule has 1 aromatic heterocycles. The molecule has 4 aromatic rings. The summed E-state index contributed by atoms with van der Waals surface area (Å²) in [5.41, 5.74) is 3.86. The van der Waals surface area contributed by atoms with Crippen molar-refractivity contribution in [1.82, 2.24) is 4.57 Å². The fourth-order valence-corrected chi connectivity index (χ4v) is 3.00. The lowest BCUT2D eigenvalue weighted by molar-refractivity contribution is -0.645. The molecule has 0 bridgehead atoms. The Labute approximate surface area is 123 Å². The van der Waals surface area contributed by atoms with Gasteiger partial charge in [-0.2, -0.15) is 0 Å². The second-order valence-electron chi connectivity index (χ2n) is 5.52. The maximum absolute atomic E-state index is 2.31. The van der Waals surface area contributed by atoms with Crippen molar-refractivity contribution in [1.29, 1.82) is 0 Å². The third-order valence-electron chi connectivity index (χ3n) is 4.05. The smallest absolute Gasteiger partial charge is 0.233 e. The summed E-state index contributed by atoms with van der Waals surface area (Å²) in [6.07, 6.45) is 2.17. The number of hydrogen-bond donors (Lipinski definition) is 0. The maximum Gasteiger partial charge on any atom is 0.244 e. The van der Waals surface area contributed by atoms with E-state index in [4.69, 9.17) is 0 Å². The van der Waals surface area contributed by atoms with Gasteiger partial charge in [0.15, 0.2) is 11.0 Å². The fraction of sp³-hybridized carbons (Fsp3) is 0.105. The quantitative estimate of drug-likeness (QED) is 0.493. The molecule has 0 aliphatic carbocycles. The molecule has 21 heavy (non-hydrogen) atoms. The average molecular weight is 273 g/mol. The molecule has 2 heteroatoms. The molecule has 3 aromatic carbocycles. The van der Waals surface area contributed by atoms with Crippen LogP contribution in [0.3, 0.4) is 0 Å². The largest absolute Gasteiger partial charge is 0.244 e. The molecule has 1 heterocycles. The predicted octanol–water partition coefficient (Wildman–Crippen LogP) is 3.67. The Hall–Kier alpha value is -2.61. The number of aryl methyl sites for hydroxylation is 1. The van der Waals surface area contributed by atoms with Crippen LogP contribution in [0.2, 0.25) is 0 Å². The maximum atomic E-state index is 2.31. The first-order valence-corrected chi connectivity index (χ1v) is 7.22. The number of fused-ring (bicyclic) bond motifs is 2. The van der Waals surface area contributed by atoms with Crippen molar-refractivity contribution in [2.24, 2.45) is 7.05 Å². The topological polar surface area (TPSA) is 8.81 Å². The molecule has 102 valence electrons. The van der Waals surface area contributed by atoms with Gasteiger partial charge in [-0.05, 0) is 34.5 Å². The second-order valence-corrected chi connectivity index (χ2v) is 5.52. The minimum Gasteiger partial charge on any atom is -0.233 e. The van der Waals surface area contributed by atoms with Gasteiger partial charge in [0.05, 0.1) is 7.05 Å². The van der Waals surface area contributed by atoms with Gasteiger partial charge in [0.1, 0.15) is 6.54 Å². The first kappa shape index (κ1) is 12.2. The Kier molecular flexibility index (Phi) is 2.74. The zero-order valence-electron chi connectivity index (χ0n) is 12.0. The van der Waals surface area contributed by atoms with Crippen LogP contribution in [0.25, 0.3) is 21.8 Å². The molecule has 0 atom stereocenters. The number of benzene rings is 3. The van der Waals surface area contributed by atoms with Crippen LogP contribution in [0.4, 0.5) is 0 Å². The van der Waals surface area contributed by atoms with E-state index in [1.54, 1.807) is 0 Å². The van der Waals surface area contributed by atoms with Gasteiger partial charge in [-0.3, -0.25) is 0 Å². The number of nitrogens with zero attached hydrogens (tertiary/aromatic N) is 2. The van der Waals surface area contributed by atoms with Crippen LogP contribution in [0.15, 0.2) is 73.1 Å². The minimum absolute atomic E-state index is 0.895. The van der Waals surface area contributed by atoms with Crippen molar-refractivity contribution in [3.63, 3.8) is 0 Å². The number of para-hydroxylation sites is 2. The highest BCUT2D eigenvalue weighted by atomic mass is 15.1. The van der Waals surface area contributed by atoms with Crippen LogP contribution in [0.1, 0.15) is 5.56 Å². The molecule has 0 saturated heterocycles. The van der Waals surface area contributed by atoms with Crippen LogP contribution in [-0.2, 0) is 13.6 Å². The van der Waals surface area contributed by atoms with E-state index >= 15 is 0 Å². The van der Waals surface area contributed by atoms with E-state index in [1.165, 1.54) is 27.4 Å². The molecule has 0 aliphatic heterocycles. The van der Waals surface area contributed by atoms with E-state index in [0.29, 0.717) is 0 Å². The summed E-state index contributed by atoms with van der Waals surface area (Å²) in [6.45, 7) is 0.895. The van der Waals surface area contributed by atoms with Crippen LogP contribution in [-0.4, -0.2) is 4.57 Å². The number of hydrogen-bond acceptors (Lipinski definition) is 0. The van der Waals surface area contributed by atoms with E-state index in [0.717, 1.165) is 6.54 Å². The molecule has 4 rings (SSSR count). The lowest BCUT2D eigenvalue weighted by Crippen LogP contribution is -2.25.